The molecule has 142 valence electrons. The minimum Gasteiger partial charge on any atom is -0.484 e. The van der Waals surface area contributed by atoms with Crippen molar-refractivity contribution in [2.75, 3.05) is 36.9 Å². The second-order valence-corrected chi connectivity index (χ2v) is 7.20. The van der Waals surface area contributed by atoms with Gasteiger partial charge in [-0.3, -0.25) is 5.41 Å². The summed E-state index contributed by atoms with van der Waals surface area (Å²) in [5.41, 5.74) is 7.35. The van der Waals surface area contributed by atoms with Gasteiger partial charge in [0.15, 0.2) is 11.6 Å². The predicted molar refractivity (Wildman–Crippen MR) is 99.3 cm³/mol. The number of benzene rings is 1. The molecule has 2 aromatic rings. The highest BCUT2D eigenvalue weighted by molar-refractivity contribution is 6.11. The smallest absolute Gasteiger partial charge is 0.232 e. The lowest BCUT2D eigenvalue weighted by atomic mass is 10.0. The number of nitrogens with two attached hydrogens (primary N) is 2. The maximum absolute atomic E-state index is 14.3. The number of nitrogens with zero attached hydrogens (tertiary/aromatic N) is 3. The molecule has 1 saturated heterocycles. The number of aromatic nitrogens is 2. The maximum atomic E-state index is 14.3. The Morgan fingerprint density at radius 3 is 2.70 bits per heavy atom. The average molecular weight is 372 g/mol. The van der Waals surface area contributed by atoms with E-state index in [1.807, 2.05) is 13.0 Å². The van der Waals surface area contributed by atoms with Crippen molar-refractivity contribution < 1.29 is 19.3 Å². The maximum Gasteiger partial charge on any atom is 0.232 e. The number of morpholine rings is 1. The summed E-state index contributed by atoms with van der Waals surface area (Å²) in [7, 11) is 0. The third kappa shape index (κ3) is 3.71. The van der Waals surface area contributed by atoms with E-state index >= 15 is 0 Å². The van der Waals surface area contributed by atoms with Gasteiger partial charge in [-0.1, -0.05) is 0 Å². The van der Waals surface area contributed by atoms with Crippen LogP contribution in [0.1, 0.15) is 31.0 Å². The second kappa shape index (κ2) is 6.77. The van der Waals surface area contributed by atoms with Crippen LogP contribution in [0, 0.1) is 5.82 Å². The van der Waals surface area contributed by atoms with Crippen LogP contribution in [0.25, 0.3) is 0 Å². The van der Waals surface area contributed by atoms with E-state index in [1.54, 1.807) is 6.07 Å². The molecule has 0 amide bonds. The number of anilines is 2. The van der Waals surface area contributed by atoms with Gasteiger partial charge in [0, 0.05) is 30.9 Å². The Kier molecular flexibility index (Phi) is 4.43. The summed E-state index contributed by atoms with van der Waals surface area (Å²) in [6.45, 7) is 4.78. The van der Waals surface area contributed by atoms with Gasteiger partial charge in [-0.2, -0.15) is 0 Å². The molecule has 1 aromatic carbocycles. The highest BCUT2D eigenvalue weighted by Crippen LogP contribution is 2.41. The fourth-order valence-corrected chi connectivity index (χ4v) is 3.02. The minimum atomic E-state index is -0.492. The normalized spacial score (nSPS) is 18.2. The van der Waals surface area contributed by atoms with Crippen LogP contribution in [0.2, 0.25) is 0 Å². The van der Waals surface area contributed by atoms with Gasteiger partial charge in [0.25, 0.3) is 0 Å². The van der Waals surface area contributed by atoms with E-state index in [-0.39, 0.29) is 17.0 Å². The molecule has 2 heterocycles. The lowest BCUT2D eigenvalue weighted by molar-refractivity contribution is -0.111. The molecular weight excluding hydrogens is 349 g/mol. The SMILES string of the molecule is CC1(Oc2cc(C(=[NH2+])c3cc(N4CCOCC4)ncn3)c(N)cc2F)CC1. The molecule has 0 spiro atoms. The number of nitrogen functional groups attached to an aromatic ring is 1. The number of halogens is 1. The van der Waals surface area contributed by atoms with Gasteiger partial charge in [0.2, 0.25) is 5.71 Å². The second-order valence-electron chi connectivity index (χ2n) is 7.20. The summed E-state index contributed by atoms with van der Waals surface area (Å²) in [5, 5.41) is 6.34. The molecule has 0 radical (unpaired) electrons. The zero-order valence-electron chi connectivity index (χ0n) is 15.2. The first-order valence-electron chi connectivity index (χ1n) is 9.01. The van der Waals surface area contributed by atoms with Crippen LogP contribution < -0.4 is 20.8 Å². The molecule has 0 bridgehead atoms. The van der Waals surface area contributed by atoms with Crippen LogP contribution >= 0.6 is 0 Å². The van der Waals surface area contributed by atoms with Crippen molar-refractivity contribution >= 4 is 17.2 Å². The van der Waals surface area contributed by atoms with Crippen molar-refractivity contribution in [3.63, 3.8) is 0 Å². The lowest BCUT2D eigenvalue weighted by Gasteiger charge is -2.27. The van der Waals surface area contributed by atoms with Crippen LogP contribution in [-0.4, -0.2) is 47.6 Å². The molecular formula is C19H23FN5O2+. The Balaban J connectivity index is 1.63. The first-order chi connectivity index (χ1) is 13.0. The molecule has 1 aromatic heterocycles. The quantitative estimate of drug-likeness (QED) is 0.588. The zero-order valence-corrected chi connectivity index (χ0v) is 15.2. The molecule has 8 heteroatoms. The molecule has 1 aliphatic carbocycles. The van der Waals surface area contributed by atoms with Crippen molar-refractivity contribution in [3.8, 4) is 5.75 Å². The van der Waals surface area contributed by atoms with Gasteiger partial charge in [0.1, 0.15) is 23.4 Å². The first-order valence-corrected chi connectivity index (χ1v) is 9.01. The Bertz CT molecular complexity index is 878. The number of hydrogen-bond donors (Lipinski definition) is 2. The van der Waals surface area contributed by atoms with E-state index in [4.69, 9.17) is 20.6 Å². The lowest BCUT2D eigenvalue weighted by Crippen LogP contribution is -2.42. The van der Waals surface area contributed by atoms with Gasteiger partial charge in [-0.05, 0) is 25.8 Å². The van der Waals surface area contributed by atoms with Crippen LogP contribution in [0.15, 0.2) is 24.5 Å². The van der Waals surface area contributed by atoms with Crippen molar-refractivity contribution in [2.24, 2.45) is 0 Å². The van der Waals surface area contributed by atoms with E-state index in [9.17, 15) is 4.39 Å². The van der Waals surface area contributed by atoms with Crippen molar-refractivity contribution in [1.82, 2.24) is 9.97 Å². The van der Waals surface area contributed by atoms with Crippen LogP contribution in [-0.2, 0) is 4.74 Å². The molecule has 1 saturated carbocycles. The van der Waals surface area contributed by atoms with Gasteiger partial charge >= 0.3 is 0 Å². The molecule has 4 rings (SSSR count). The number of rotatable bonds is 5. The summed E-state index contributed by atoms with van der Waals surface area (Å²) in [6, 6.07) is 4.61. The van der Waals surface area contributed by atoms with E-state index in [2.05, 4.69) is 14.9 Å². The molecule has 1 aliphatic heterocycles. The predicted octanol–water partition coefficient (Wildman–Crippen LogP) is 0.562. The topological polar surface area (TPSA) is 99.1 Å². The van der Waals surface area contributed by atoms with Crippen molar-refractivity contribution in [2.45, 2.75) is 25.4 Å². The molecule has 0 atom stereocenters. The minimum absolute atomic E-state index is 0.157. The Morgan fingerprint density at radius 1 is 1.26 bits per heavy atom. The standard InChI is InChI=1S/C19H22FN5O2/c1-19(2-3-19)27-16-8-12(14(21)9-13(16)20)18(22)15-10-17(24-11-23-15)25-4-6-26-7-5-25/h8-11,22H,2-7,21H2,1H3/p+1. The molecule has 2 fully saturated rings. The molecule has 4 N–H and O–H groups in total. The summed E-state index contributed by atoms with van der Waals surface area (Å²) in [4.78, 5) is 10.7. The molecule has 0 unspecified atom stereocenters. The summed E-state index contributed by atoms with van der Waals surface area (Å²) >= 11 is 0. The van der Waals surface area contributed by atoms with Crippen LogP contribution in [0.4, 0.5) is 15.9 Å². The van der Waals surface area contributed by atoms with Crippen LogP contribution in [0.3, 0.4) is 0 Å². The Morgan fingerprint density at radius 2 is 2.00 bits per heavy atom. The van der Waals surface area contributed by atoms with Gasteiger partial charge in [0.05, 0.1) is 18.8 Å². The third-order valence-electron chi connectivity index (χ3n) is 4.97. The molecule has 2 aliphatic rings. The third-order valence-corrected chi connectivity index (χ3v) is 4.97. The largest absolute Gasteiger partial charge is 0.484 e. The fraction of sp³-hybridized carbons (Fsp3) is 0.421. The van der Waals surface area contributed by atoms with E-state index in [1.165, 1.54) is 12.4 Å². The zero-order chi connectivity index (χ0) is 19.0. The summed E-state index contributed by atoms with van der Waals surface area (Å²) in [5.74, 6) is 0.437. The first kappa shape index (κ1) is 17.7. The van der Waals surface area contributed by atoms with Crippen molar-refractivity contribution in [3.05, 3.63) is 41.6 Å². The van der Waals surface area contributed by atoms with Gasteiger partial charge in [-0.25, -0.2) is 14.4 Å². The number of ether oxygens (including phenoxy) is 2. The summed E-state index contributed by atoms with van der Waals surface area (Å²) < 4.78 is 25.4. The Labute approximate surface area is 156 Å². The van der Waals surface area contributed by atoms with E-state index in [0.717, 1.165) is 31.7 Å². The van der Waals surface area contributed by atoms with E-state index in [0.29, 0.717) is 30.2 Å². The molecule has 27 heavy (non-hydrogen) atoms. The highest BCUT2D eigenvalue weighted by Gasteiger charge is 2.41. The van der Waals surface area contributed by atoms with Gasteiger partial charge in [-0.15, -0.1) is 0 Å². The monoisotopic (exact) mass is 372 g/mol. The fourth-order valence-electron chi connectivity index (χ4n) is 3.02. The van der Waals surface area contributed by atoms with Crippen molar-refractivity contribution in [1.29, 1.82) is 0 Å². The van der Waals surface area contributed by atoms with Crippen LogP contribution in [0.5, 0.6) is 5.75 Å². The van der Waals surface area contributed by atoms with E-state index < -0.39 is 5.82 Å². The number of hydrogen-bond acceptors (Lipinski definition) is 6. The summed E-state index contributed by atoms with van der Waals surface area (Å²) in [6.07, 6.45) is 3.27. The van der Waals surface area contributed by atoms with Gasteiger partial charge < -0.3 is 20.1 Å². The average Bonchev–Trinajstić information content (AvgIpc) is 3.41. The molecule has 7 nitrogen and oxygen atoms in total. The highest BCUT2D eigenvalue weighted by atomic mass is 19.1. The Hall–Kier alpha value is -2.74.